The van der Waals surface area contributed by atoms with Crippen LogP contribution in [0.25, 0.3) is 0 Å². The number of hydrogen-bond donors (Lipinski definition) is 2. The van der Waals surface area contributed by atoms with Gasteiger partial charge in [0.05, 0.1) is 18.1 Å². The third kappa shape index (κ3) is 2.56. The highest BCUT2D eigenvalue weighted by molar-refractivity contribution is 7.92. The number of aryl methyl sites for hydroxylation is 1. The Morgan fingerprint density at radius 1 is 1.28 bits per heavy atom. The molecule has 0 fully saturated rings. The van der Waals surface area contributed by atoms with Gasteiger partial charge in [-0.05, 0) is 6.92 Å². The Morgan fingerprint density at radius 3 is 2.44 bits per heavy atom. The van der Waals surface area contributed by atoms with E-state index >= 15 is 0 Å². The second-order valence-corrected chi connectivity index (χ2v) is 5.11. The SMILES string of the molecule is CNc1ncc(S(=O)(=O)Nc2cc(C)no2)cn1. The highest BCUT2D eigenvalue weighted by Gasteiger charge is 2.17. The van der Waals surface area contributed by atoms with E-state index in [-0.39, 0.29) is 10.8 Å². The second-order valence-electron chi connectivity index (χ2n) is 3.43. The number of nitrogens with one attached hydrogen (secondary N) is 2. The quantitative estimate of drug-likeness (QED) is 0.836. The van der Waals surface area contributed by atoms with E-state index in [1.807, 2.05) is 0 Å². The van der Waals surface area contributed by atoms with Gasteiger partial charge in [-0.2, -0.15) is 0 Å². The van der Waals surface area contributed by atoms with Crippen LogP contribution in [0.5, 0.6) is 0 Å². The third-order valence-electron chi connectivity index (χ3n) is 2.02. The van der Waals surface area contributed by atoms with Crippen molar-refractivity contribution in [1.82, 2.24) is 15.1 Å². The van der Waals surface area contributed by atoms with Gasteiger partial charge in [-0.25, -0.2) is 23.1 Å². The largest absolute Gasteiger partial charge is 0.357 e. The normalized spacial score (nSPS) is 11.2. The van der Waals surface area contributed by atoms with Crippen LogP contribution in [0.3, 0.4) is 0 Å². The van der Waals surface area contributed by atoms with Gasteiger partial charge >= 0.3 is 0 Å². The molecule has 2 heterocycles. The van der Waals surface area contributed by atoms with E-state index in [4.69, 9.17) is 4.52 Å². The van der Waals surface area contributed by atoms with Crippen molar-refractivity contribution in [3.8, 4) is 0 Å². The molecule has 2 N–H and O–H groups in total. The lowest BCUT2D eigenvalue weighted by Gasteiger charge is -2.04. The second kappa shape index (κ2) is 4.61. The van der Waals surface area contributed by atoms with Crippen LogP contribution in [0.1, 0.15) is 5.69 Å². The average molecular weight is 269 g/mol. The summed E-state index contributed by atoms with van der Waals surface area (Å²) in [5, 5.41) is 6.27. The van der Waals surface area contributed by atoms with Gasteiger partial charge in [0.2, 0.25) is 11.8 Å². The molecule has 0 aliphatic carbocycles. The molecule has 0 aliphatic rings. The van der Waals surface area contributed by atoms with Crippen LogP contribution in [0.15, 0.2) is 27.9 Å². The van der Waals surface area contributed by atoms with Crippen molar-refractivity contribution < 1.29 is 12.9 Å². The monoisotopic (exact) mass is 269 g/mol. The van der Waals surface area contributed by atoms with Gasteiger partial charge < -0.3 is 9.84 Å². The summed E-state index contributed by atoms with van der Waals surface area (Å²) in [5.41, 5.74) is 0.578. The topological polar surface area (TPSA) is 110 Å². The summed E-state index contributed by atoms with van der Waals surface area (Å²) in [5.74, 6) is 0.384. The fourth-order valence-corrected chi connectivity index (χ4v) is 2.05. The summed E-state index contributed by atoms with van der Waals surface area (Å²) in [4.78, 5) is 7.59. The van der Waals surface area contributed by atoms with Crippen LogP contribution >= 0.6 is 0 Å². The lowest BCUT2D eigenvalue weighted by molar-refractivity contribution is 0.430. The minimum absolute atomic E-state index is 0.0465. The fourth-order valence-electron chi connectivity index (χ4n) is 1.19. The highest BCUT2D eigenvalue weighted by Crippen LogP contribution is 2.15. The zero-order valence-electron chi connectivity index (χ0n) is 9.71. The van der Waals surface area contributed by atoms with Gasteiger partial charge in [-0.1, -0.05) is 5.16 Å². The van der Waals surface area contributed by atoms with Crippen LogP contribution in [0.4, 0.5) is 11.8 Å². The highest BCUT2D eigenvalue weighted by atomic mass is 32.2. The molecular weight excluding hydrogens is 258 g/mol. The molecule has 9 heteroatoms. The molecule has 0 saturated heterocycles. The van der Waals surface area contributed by atoms with Crippen molar-refractivity contribution in [2.75, 3.05) is 17.1 Å². The first-order chi connectivity index (χ1) is 8.51. The Balaban J connectivity index is 2.24. The lowest BCUT2D eigenvalue weighted by atomic mass is 10.5. The third-order valence-corrected chi connectivity index (χ3v) is 3.33. The molecule has 0 amide bonds. The van der Waals surface area contributed by atoms with Gasteiger partial charge in [0.15, 0.2) is 0 Å². The standard InChI is InChI=1S/C9H11N5O3S/c1-6-3-8(17-13-6)14-18(15,16)7-4-11-9(10-2)12-5-7/h3-5,14H,1-2H3,(H,10,11,12). The minimum Gasteiger partial charge on any atom is -0.357 e. The van der Waals surface area contributed by atoms with Gasteiger partial charge in [0.1, 0.15) is 4.90 Å². The number of sulfonamides is 1. The first-order valence-corrected chi connectivity index (χ1v) is 6.45. The molecule has 2 rings (SSSR count). The van der Waals surface area contributed by atoms with E-state index < -0.39 is 10.0 Å². The van der Waals surface area contributed by atoms with Gasteiger partial charge in [0, 0.05) is 13.1 Å². The first kappa shape index (κ1) is 12.3. The van der Waals surface area contributed by atoms with Crippen molar-refractivity contribution in [3.05, 3.63) is 24.2 Å². The molecule has 0 atom stereocenters. The maximum absolute atomic E-state index is 11.9. The summed E-state index contributed by atoms with van der Waals surface area (Å²) in [6, 6.07) is 1.47. The van der Waals surface area contributed by atoms with Crippen molar-refractivity contribution in [2.45, 2.75) is 11.8 Å². The smallest absolute Gasteiger partial charge is 0.267 e. The summed E-state index contributed by atoms with van der Waals surface area (Å²) in [6.07, 6.45) is 2.40. The molecule has 0 bridgehead atoms. The average Bonchev–Trinajstić information content (AvgIpc) is 2.74. The Labute approximate surface area is 103 Å². The number of aromatic nitrogens is 3. The van der Waals surface area contributed by atoms with Crippen LogP contribution in [-0.2, 0) is 10.0 Å². The molecule has 0 radical (unpaired) electrons. The molecule has 0 unspecified atom stereocenters. The lowest BCUT2D eigenvalue weighted by Crippen LogP contribution is -2.13. The van der Waals surface area contributed by atoms with Gasteiger partial charge in [0.25, 0.3) is 10.0 Å². The number of nitrogens with zero attached hydrogens (tertiary/aromatic N) is 3. The Hall–Kier alpha value is -2.16. The van der Waals surface area contributed by atoms with Crippen LogP contribution in [-0.4, -0.2) is 30.6 Å². The minimum atomic E-state index is -3.76. The molecular formula is C9H11N5O3S. The number of anilines is 2. The molecule has 96 valence electrons. The number of rotatable bonds is 4. The fraction of sp³-hybridized carbons (Fsp3) is 0.222. The van der Waals surface area contributed by atoms with Crippen molar-refractivity contribution >= 4 is 21.9 Å². The van der Waals surface area contributed by atoms with E-state index in [9.17, 15) is 8.42 Å². The maximum atomic E-state index is 11.9. The molecule has 8 nitrogen and oxygen atoms in total. The van der Waals surface area contributed by atoms with E-state index in [1.54, 1.807) is 14.0 Å². The Morgan fingerprint density at radius 2 is 1.94 bits per heavy atom. The van der Waals surface area contributed by atoms with Crippen LogP contribution < -0.4 is 10.0 Å². The van der Waals surface area contributed by atoms with Gasteiger partial charge in [-0.15, -0.1) is 0 Å². The summed E-state index contributed by atoms with van der Waals surface area (Å²) < 4.78 is 30.8. The maximum Gasteiger partial charge on any atom is 0.267 e. The van der Waals surface area contributed by atoms with Crippen LogP contribution in [0.2, 0.25) is 0 Å². The molecule has 0 aromatic carbocycles. The predicted octanol–water partition coefficient (Wildman–Crippen LogP) is 0.616. The zero-order chi connectivity index (χ0) is 13.2. The number of hydrogen-bond acceptors (Lipinski definition) is 7. The van der Waals surface area contributed by atoms with Crippen molar-refractivity contribution in [1.29, 1.82) is 0 Å². The predicted molar refractivity (Wildman–Crippen MR) is 63.6 cm³/mol. The molecule has 2 aromatic rings. The van der Waals surface area contributed by atoms with Crippen molar-refractivity contribution in [3.63, 3.8) is 0 Å². The Kier molecular flexibility index (Phi) is 3.15. The van der Waals surface area contributed by atoms with E-state index in [1.165, 1.54) is 18.5 Å². The summed E-state index contributed by atoms with van der Waals surface area (Å²) in [6.45, 7) is 1.69. The van der Waals surface area contributed by atoms with E-state index in [0.717, 1.165) is 0 Å². The van der Waals surface area contributed by atoms with E-state index in [2.05, 4.69) is 25.2 Å². The van der Waals surface area contributed by atoms with Crippen molar-refractivity contribution in [2.24, 2.45) is 0 Å². The molecule has 18 heavy (non-hydrogen) atoms. The van der Waals surface area contributed by atoms with E-state index in [0.29, 0.717) is 11.6 Å². The zero-order valence-corrected chi connectivity index (χ0v) is 10.5. The molecule has 0 saturated carbocycles. The Bertz CT molecular complexity index is 634. The van der Waals surface area contributed by atoms with Gasteiger partial charge in [-0.3, -0.25) is 0 Å². The first-order valence-electron chi connectivity index (χ1n) is 4.97. The summed E-state index contributed by atoms with van der Waals surface area (Å²) >= 11 is 0. The summed E-state index contributed by atoms with van der Waals surface area (Å²) in [7, 11) is -2.12. The molecule has 2 aromatic heterocycles. The van der Waals surface area contributed by atoms with Crippen LogP contribution in [0, 0.1) is 6.92 Å². The molecule has 0 spiro atoms. The molecule has 0 aliphatic heterocycles.